The van der Waals surface area contributed by atoms with Crippen molar-refractivity contribution in [2.75, 3.05) is 33.9 Å². The Morgan fingerprint density at radius 3 is 2.50 bits per heavy atom. The van der Waals surface area contributed by atoms with Gasteiger partial charge in [0.05, 0.1) is 6.61 Å². The van der Waals surface area contributed by atoms with Crippen molar-refractivity contribution in [2.45, 2.75) is 12.8 Å². The summed E-state index contributed by atoms with van der Waals surface area (Å²) in [6.45, 7) is 6.44. The molecule has 0 aliphatic heterocycles. The highest BCUT2D eigenvalue weighted by molar-refractivity contribution is 4.42. The van der Waals surface area contributed by atoms with Crippen LogP contribution in [0.5, 0.6) is 0 Å². The van der Waals surface area contributed by atoms with Gasteiger partial charge in [-0.05, 0) is 20.5 Å². The lowest BCUT2D eigenvalue weighted by molar-refractivity contribution is 0.116. The minimum atomic E-state index is 0.840. The molecule has 0 unspecified atom stereocenters. The minimum absolute atomic E-state index is 0.840. The van der Waals surface area contributed by atoms with Gasteiger partial charge < -0.3 is 9.64 Å². The molecule has 0 fully saturated rings. The maximum absolute atomic E-state index is 5.30. The zero-order valence-electron chi connectivity index (χ0n) is 7.10. The predicted octanol–water partition coefficient (Wildman–Crippen LogP) is 1.18. The summed E-state index contributed by atoms with van der Waals surface area (Å²) >= 11 is 0. The number of unbranched alkanes of at least 4 members (excludes halogenated alkanes) is 1. The van der Waals surface area contributed by atoms with Gasteiger partial charge in [0.25, 0.3) is 0 Å². The van der Waals surface area contributed by atoms with E-state index >= 15 is 0 Å². The van der Waals surface area contributed by atoms with E-state index in [1.54, 1.807) is 0 Å². The molecule has 0 aromatic heterocycles. The summed E-state index contributed by atoms with van der Waals surface area (Å²) in [7, 11) is 4.09. The topological polar surface area (TPSA) is 12.5 Å². The smallest absolute Gasteiger partial charge is 0.0593 e. The molecule has 0 bridgehead atoms. The largest absolute Gasteiger partial charge is 0.380 e. The average molecular weight is 144 g/mol. The Kier molecular flexibility index (Phi) is 6.98. The van der Waals surface area contributed by atoms with Crippen molar-refractivity contribution in [3.8, 4) is 0 Å². The van der Waals surface area contributed by atoms with Gasteiger partial charge in [-0.3, -0.25) is 0 Å². The fraction of sp³-hybridized carbons (Fsp3) is 0.875. The molecule has 0 aliphatic carbocycles. The first kappa shape index (κ1) is 9.92. The summed E-state index contributed by atoms with van der Waals surface area (Å²) in [5, 5.41) is 0. The van der Waals surface area contributed by atoms with E-state index in [2.05, 4.69) is 11.8 Å². The molecule has 0 saturated carbocycles. The zero-order valence-corrected chi connectivity index (χ0v) is 7.10. The van der Waals surface area contributed by atoms with E-state index < -0.39 is 0 Å². The summed E-state index contributed by atoms with van der Waals surface area (Å²) in [5.74, 6) is 0. The van der Waals surface area contributed by atoms with Gasteiger partial charge in [-0.25, -0.2) is 0 Å². The molecule has 10 heavy (non-hydrogen) atoms. The molecule has 0 atom stereocenters. The van der Waals surface area contributed by atoms with Crippen LogP contribution in [0.3, 0.4) is 0 Å². The molecule has 0 rings (SSSR count). The third-order valence-corrected chi connectivity index (χ3v) is 1.22. The number of nitrogens with zero attached hydrogens (tertiary/aromatic N) is 1. The monoisotopic (exact) mass is 144 g/mol. The number of likely N-dealkylation sites (N-methyl/N-ethyl adjacent to an activating group) is 1. The van der Waals surface area contributed by atoms with Gasteiger partial charge in [0.1, 0.15) is 0 Å². The van der Waals surface area contributed by atoms with Crippen LogP contribution >= 0.6 is 0 Å². The van der Waals surface area contributed by atoms with Gasteiger partial charge in [-0.15, -0.1) is 0 Å². The molecular formula is C8H18NO. The minimum Gasteiger partial charge on any atom is -0.380 e. The summed E-state index contributed by atoms with van der Waals surface area (Å²) in [4.78, 5) is 2.12. The van der Waals surface area contributed by atoms with E-state index in [-0.39, 0.29) is 0 Å². The third kappa shape index (κ3) is 7.92. The van der Waals surface area contributed by atoms with Crippen LogP contribution in [0.2, 0.25) is 0 Å². The standard InChI is InChI=1S/C8H18NO/c1-4-5-7-10-8-6-9(2)3/h1,4-8H2,2-3H3. The van der Waals surface area contributed by atoms with Gasteiger partial charge in [-0.2, -0.15) is 0 Å². The van der Waals surface area contributed by atoms with E-state index in [9.17, 15) is 0 Å². The second-order valence-electron chi connectivity index (χ2n) is 2.62. The van der Waals surface area contributed by atoms with Crippen LogP contribution < -0.4 is 0 Å². The SMILES string of the molecule is [CH2]CCCOCCN(C)C. The Hall–Kier alpha value is -0.0800. The maximum Gasteiger partial charge on any atom is 0.0593 e. The number of hydrogen-bond acceptors (Lipinski definition) is 2. The Labute approximate surface area is 64.2 Å². The first-order valence-corrected chi connectivity index (χ1v) is 3.79. The van der Waals surface area contributed by atoms with Crippen LogP contribution in [0.1, 0.15) is 12.8 Å². The van der Waals surface area contributed by atoms with Crippen molar-refractivity contribution in [1.29, 1.82) is 0 Å². The molecule has 0 aromatic carbocycles. The van der Waals surface area contributed by atoms with Crippen LogP contribution in [-0.2, 0) is 4.74 Å². The summed E-state index contributed by atoms with van der Waals surface area (Å²) in [6, 6.07) is 0. The first-order chi connectivity index (χ1) is 4.77. The van der Waals surface area contributed by atoms with Crippen molar-refractivity contribution < 1.29 is 4.74 Å². The van der Waals surface area contributed by atoms with Crippen molar-refractivity contribution in [1.82, 2.24) is 4.90 Å². The Balaban J connectivity index is 2.77. The third-order valence-electron chi connectivity index (χ3n) is 1.22. The fourth-order valence-electron chi connectivity index (χ4n) is 0.553. The van der Waals surface area contributed by atoms with E-state index in [1.807, 2.05) is 14.1 Å². The molecule has 0 aliphatic rings. The first-order valence-electron chi connectivity index (χ1n) is 3.79. The van der Waals surface area contributed by atoms with Crippen molar-refractivity contribution in [3.05, 3.63) is 6.92 Å². The van der Waals surface area contributed by atoms with E-state index in [4.69, 9.17) is 4.74 Å². The zero-order chi connectivity index (χ0) is 7.82. The van der Waals surface area contributed by atoms with Crippen molar-refractivity contribution >= 4 is 0 Å². The lowest BCUT2D eigenvalue weighted by Gasteiger charge is -2.08. The molecule has 2 nitrogen and oxygen atoms in total. The van der Waals surface area contributed by atoms with E-state index in [0.717, 1.165) is 32.6 Å². The fourth-order valence-corrected chi connectivity index (χ4v) is 0.553. The average Bonchev–Trinajstić information content (AvgIpc) is 1.87. The molecule has 61 valence electrons. The lowest BCUT2D eigenvalue weighted by atomic mass is 10.4. The Morgan fingerprint density at radius 2 is 2.00 bits per heavy atom. The molecule has 0 saturated heterocycles. The second kappa shape index (κ2) is 7.03. The van der Waals surface area contributed by atoms with Crippen LogP contribution in [0.25, 0.3) is 0 Å². The molecule has 2 heteroatoms. The highest BCUT2D eigenvalue weighted by Crippen LogP contribution is 1.87. The normalized spacial score (nSPS) is 10.8. The van der Waals surface area contributed by atoms with Crippen molar-refractivity contribution in [2.24, 2.45) is 0 Å². The van der Waals surface area contributed by atoms with Crippen LogP contribution in [0.15, 0.2) is 0 Å². The molecule has 0 heterocycles. The summed E-state index contributed by atoms with van der Waals surface area (Å²) in [5.41, 5.74) is 0. The summed E-state index contributed by atoms with van der Waals surface area (Å²) < 4.78 is 5.30. The molecule has 0 amide bonds. The van der Waals surface area contributed by atoms with Gasteiger partial charge in [0.2, 0.25) is 0 Å². The molecule has 1 radical (unpaired) electrons. The van der Waals surface area contributed by atoms with Crippen LogP contribution in [-0.4, -0.2) is 38.8 Å². The maximum atomic E-state index is 5.30. The predicted molar refractivity (Wildman–Crippen MR) is 44.0 cm³/mol. The van der Waals surface area contributed by atoms with Gasteiger partial charge in [0.15, 0.2) is 0 Å². The van der Waals surface area contributed by atoms with E-state index in [0.29, 0.717) is 0 Å². The van der Waals surface area contributed by atoms with Crippen LogP contribution in [0.4, 0.5) is 0 Å². The van der Waals surface area contributed by atoms with E-state index in [1.165, 1.54) is 0 Å². The molecule has 0 spiro atoms. The van der Waals surface area contributed by atoms with Gasteiger partial charge >= 0.3 is 0 Å². The number of rotatable bonds is 6. The molecule has 0 aromatic rings. The van der Waals surface area contributed by atoms with Gasteiger partial charge in [0, 0.05) is 13.2 Å². The number of hydrogen-bond donors (Lipinski definition) is 0. The lowest BCUT2D eigenvalue weighted by Crippen LogP contribution is -2.18. The molecular weight excluding hydrogens is 126 g/mol. The molecule has 0 N–H and O–H groups in total. The second-order valence-corrected chi connectivity index (χ2v) is 2.62. The van der Waals surface area contributed by atoms with Crippen molar-refractivity contribution in [3.63, 3.8) is 0 Å². The van der Waals surface area contributed by atoms with Gasteiger partial charge in [-0.1, -0.05) is 13.3 Å². The highest BCUT2D eigenvalue weighted by Gasteiger charge is 1.89. The summed E-state index contributed by atoms with van der Waals surface area (Å²) in [6.07, 6.45) is 2.05. The highest BCUT2D eigenvalue weighted by atomic mass is 16.5. The van der Waals surface area contributed by atoms with Crippen LogP contribution in [0, 0.1) is 6.92 Å². The Morgan fingerprint density at radius 1 is 1.30 bits per heavy atom. The quantitative estimate of drug-likeness (QED) is 0.519. The number of ether oxygens (including phenoxy) is 1. The Bertz CT molecular complexity index is 64.3.